The van der Waals surface area contributed by atoms with E-state index in [-0.39, 0.29) is 82.2 Å². The van der Waals surface area contributed by atoms with Gasteiger partial charge in [-0.05, 0) is 43.2 Å². The monoisotopic (exact) mass is 1000 g/mol. The van der Waals surface area contributed by atoms with Crippen LogP contribution in [0.3, 0.4) is 0 Å². The Kier molecular flexibility index (Phi) is 26.7. The summed E-state index contributed by atoms with van der Waals surface area (Å²) in [5, 5.41) is 48.8. The standard InChI is InChI=1S/C46H60N6O17S/c47-32(43(63)50-35(23-41(60)61)37(56)22-30(25-70)44(64)65)24-48-42(62)29(19-27-9-3-1-4-10-27)21-36(55)34(20-28-11-5-2-6-12-28)49-38(57)14-8-7-13-31(54)15-16-33(45(66)67)51-46(68)52-39(69-26-53)17-18-40(58)59/h1-6,9-12,26,29-30,32-35,39,70H,7-8,13-25,47H2,(H,48,62)(H,49,57)(H,50,63)(H,58,59)(H,60,61)(H,64,65)(H,66,67)(H2,51,52,68)/t29-,30+,32+,33+,34+,35+,39-/m1/s1. The van der Waals surface area contributed by atoms with Gasteiger partial charge in [-0.1, -0.05) is 60.7 Å². The Bertz CT molecular complexity index is 2130. The first-order valence-electron chi connectivity index (χ1n) is 22.2. The molecule has 2 rings (SSSR count). The molecule has 0 unspecified atom stereocenters. The molecule has 11 N–H and O–H groups in total. The summed E-state index contributed by atoms with van der Waals surface area (Å²) in [4.78, 5) is 148. The van der Waals surface area contributed by atoms with Crippen molar-refractivity contribution in [3.63, 3.8) is 0 Å². The minimum absolute atomic E-state index is 0.0118. The number of hydrogen-bond donors (Lipinski definition) is 11. The number of carbonyl (C=O) groups excluding carboxylic acids is 8. The number of benzene rings is 2. The number of unbranched alkanes of at least 4 members (excludes halogenated alkanes) is 1. The molecule has 0 aliphatic heterocycles. The molecule has 0 aliphatic rings. The molecule has 7 atom stereocenters. The van der Waals surface area contributed by atoms with Crippen molar-refractivity contribution < 1.29 is 82.7 Å². The fourth-order valence-corrected chi connectivity index (χ4v) is 7.09. The molecule has 382 valence electrons. The lowest BCUT2D eigenvalue weighted by atomic mass is 9.89. The zero-order valence-corrected chi connectivity index (χ0v) is 39.0. The minimum atomic E-state index is -1.63. The van der Waals surface area contributed by atoms with E-state index in [0.717, 1.165) is 0 Å². The molecular weight excluding hydrogens is 941 g/mol. The van der Waals surface area contributed by atoms with Crippen LogP contribution in [0.2, 0.25) is 0 Å². The van der Waals surface area contributed by atoms with Crippen LogP contribution in [0.1, 0.15) is 81.8 Å². The van der Waals surface area contributed by atoms with Gasteiger partial charge < -0.3 is 57.5 Å². The number of hydrogen-bond acceptors (Lipinski definition) is 15. The summed E-state index contributed by atoms with van der Waals surface area (Å²) in [6, 6.07) is 10.6. The number of nitrogens with one attached hydrogen (secondary N) is 5. The Balaban J connectivity index is 2.08. The van der Waals surface area contributed by atoms with E-state index in [1.54, 1.807) is 60.7 Å². The molecule has 2 aromatic carbocycles. The lowest BCUT2D eigenvalue weighted by Gasteiger charge is -2.23. The molecule has 2 aromatic rings. The number of urea groups is 1. The molecule has 0 saturated carbocycles. The summed E-state index contributed by atoms with van der Waals surface area (Å²) in [5.74, 6) is -12.0. The zero-order chi connectivity index (χ0) is 52.2. The summed E-state index contributed by atoms with van der Waals surface area (Å²) in [6.07, 6.45) is -4.18. The Morgan fingerprint density at radius 2 is 1.19 bits per heavy atom. The van der Waals surface area contributed by atoms with Gasteiger partial charge in [-0.15, -0.1) is 0 Å². The summed E-state index contributed by atoms with van der Waals surface area (Å²) in [5.41, 5.74) is 7.40. The first kappa shape index (κ1) is 58.9. The predicted octanol–water partition coefficient (Wildman–Crippen LogP) is 0.551. The van der Waals surface area contributed by atoms with Crippen molar-refractivity contribution in [2.24, 2.45) is 17.6 Å². The van der Waals surface area contributed by atoms with Gasteiger partial charge in [-0.25, -0.2) is 9.59 Å². The molecule has 0 heterocycles. The first-order chi connectivity index (χ1) is 33.2. The number of ketones is 3. The smallest absolute Gasteiger partial charge is 0.326 e. The van der Waals surface area contributed by atoms with E-state index >= 15 is 0 Å². The van der Waals surface area contributed by atoms with Gasteiger partial charge in [0.25, 0.3) is 6.47 Å². The average Bonchev–Trinajstić information content (AvgIpc) is 3.31. The normalized spacial score (nSPS) is 13.8. The molecule has 24 heteroatoms. The van der Waals surface area contributed by atoms with E-state index in [1.807, 2.05) is 0 Å². The van der Waals surface area contributed by atoms with E-state index in [1.165, 1.54) is 0 Å². The molecule has 0 radical (unpaired) electrons. The van der Waals surface area contributed by atoms with Crippen LogP contribution in [0.5, 0.6) is 0 Å². The van der Waals surface area contributed by atoms with Crippen LogP contribution in [-0.2, 0) is 70.3 Å². The summed E-state index contributed by atoms with van der Waals surface area (Å²) >= 11 is 3.91. The number of amides is 5. The lowest BCUT2D eigenvalue weighted by Crippen LogP contribution is -2.53. The highest BCUT2D eigenvalue weighted by atomic mass is 32.1. The second-order valence-corrected chi connectivity index (χ2v) is 16.6. The summed E-state index contributed by atoms with van der Waals surface area (Å²) in [6.45, 7) is -0.521. The van der Waals surface area contributed by atoms with Gasteiger partial charge in [-0.2, -0.15) is 12.6 Å². The van der Waals surface area contributed by atoms with Crippen molar-refractivity contribution in [2.45, 2.75) is 114 Å². The van der Waals surface area contributed by atoms with Gasteiger partial charge in [0.15, 0.2) is 17.8 Å². The minimum Gasteiger partial charge on any atom is -0.481 e. The van der Waals surface area contributed by atoms with Gasteiger partial charge in [0.05, 0.1) is 30.8 Å². The fourth-order valence-electron chi connectivity index (χ4n) is 6.80. The third kappa shape index (κ3) is 23.7. The number of carboxylic acid groups (broad SMARTS) is 4. The van der Waals surface area contributed by atoms with Gasteiger partial charge in [0.1, 0.15) is 17.9 Å². The van der Waals surface area contributed by atoms with Crippen LogP contribution in [0.15, 0.2) is 60.7 Å². The third-order valence-electron chi connectivity index (χ3n) is 10.6. The zero-order valence-electron chi connectivity index (χ0n) is 38.1. The number of nitrogens with two attached hydrogens (primary N) is 1. The highest BCUT2D eigenvalue weighted by molar-refractivity contribution is 7.80. The molecular formula is C46H60N6O17S. The SMILES string of the molecule is N[C@@H](CNC(=O)[C@@H](CC(=O)[C@H](Cc1ccccc1)NC(=O)CCCCC(=O)CC[C@H](NC(=O)N[C@@H](CCC(=O)O)OC=O)C(=O)O)Cc1ccccc1)C(=O)N[C@@H](CC(=O)O)C(=O)C[C@@H](CS)C(=O)O. The van der Waals surface area contributed by atoms with Crippen molar-refractivity contribution in [1.29, 1.82) is 0 Å². The third-order valence-corrected chi connectivity index (χ3v) is 11.1. The second kappa shape index (κ2) is 31.8. The molecule has 0 fully saturated rings. The molecule has 0 spiro atoms. The van der Waals surface area contributed by atoms with Crippen molar-refractivity contribution >= 4 is 84.1 Å². The number of ether oxygens (including phenoxy) is 1. The number of carboxylic acids is 4. The molecule has 5 amide bonds. The van der Waals surface area contributed by atoms with Crippen molar-refractivity contribution in [3.8, 4) is 0 Å². The average molecular weight is 1000 g/mol. The molecule has 0 bridgehead atoms. The van der Waals surface area contributed by atoms with Gasteiger partial charge in [-0.3, -0.25) is 47.9 Å². The maximum atomic E-state index is 14.1. The number of thiol groups is 1. The topological polar surface area (TPSA) is 381 Å². The number of carbonyl (C=O) groups is 12. The lowest BCUT2D eigenvalue weighted by molar-refractivity contribution is -0.144. The van der Waals surface area contributed by atoms with Crippen LogP contribution < -0.4 is 32.3 Å². The maximum absolute atomic E-state index is 14.1. The fraction of sp³-hybridized carbons (Fsp3) is 0.478. The number of rotatable bonds is 36. The van der Waals surface area contributed by atoms with E-state index in [2.05, 4.69) is 43.9 Å². The van der Waals surface area contributed by atoms with Gasteiger partial charge in [0, 0.05) is 56.7 Å². The van der Waals surface area contributed by atoms with Crippen molar-refractivity contribution in [3.05, 3.63) is 71.8 Å². The highest BCUT2D eigenvalue weighted by Gasteiger charge is 2.32. The Labute approximate surface area is 407 Å². The van der Waals surface area contributed by atoms with Crippen LogP contribution in [0.4, 0.5) is 4.79 Å². The van der Waals surface area contributed by atoms with Crippen LogP contribution in [0, 0.1) is 11.8 Å². The maximum Gasteiger partial charge on any atom is 0.326 e. The molecule has 23 nitrogen and oxygen atoms in total. The second-order valence-electron chi connectivity index (χ2n) is 16.2. The van der Waals surface area contributed by atoms with Crippen LogP contribution >= 0.6 is 12.6 Å². The van der Waals surface area contributed by atoms with Gasteiger partial charge >= 0.3 is 29.9 Å². The summed E-state index contributed by atoms with van der Waals surface area (Å²) in [7, 11) is 0. The largest absolute Gasteiger partial charge is 0.481 e. The van der Waals surface area contributed by atoms with Gasteiger partial charge in [0.2, 0.25) is 17.7 Å². The number of Topliss-reactive ketones (excluding diaryl/α,β-unsaturated/α-hetero) is 3. The highest BCUT2D eigenvalue weighted by Crippen LogP contribution is 2.18. The Morgan fingerprint density at radius 3 is 1.74 bits per heavy atom. The summed E-state index contributed by atoms with van der Waals surface area (Å²) < 4.78 is 4.61. The van der Waals surface area contributed by atoms with Crippen LogP contribution in [-0.4, -0.2) is 135 Å². The van der Waals surface area contributed by atoms with E-state index in [0.29, 0.717) is 11.1 Å². The van der Waals surface area contributed by atoms with E-state index < -0.39 is 127 Å². The van der Waals surface area contributed by atoms with E-state index in [4.69, 9.17) is 10.8 Å². The van der Waals surface area contributed by atoms with Crippen molar-refractivity contribution in [1.82, 2.24) is 26.6 Å². The predicted molar refractivity (Wildman–Crippen MR) is 249 cm³/mol. The van der Waals surface area contributed by atoms with E-state index in [9.17, 15) is 72.9 Å². The van der Waals surface area contributed by atoms with Crippen LogP contribution in [0.25, 0.3) is 0 Å². The van der Waals surface area contributed by atoms with Crippen molar-refractivity contribution in [2.75, 3.05) is 12.3 Å². The Morgan fingerprint density at radius 1 is 0.600 bits per heavy atom. The number of aliphatic carboxylic acids is 4. The first-order valence-corrected chi connectivity index (χ1v) is 22.8. The molecule has 0 saturated heterocycles. The quantitative estimate of drug-likeness (QED) is 0.0192. The molecule has 70 heavy (non-hydrogen) atoms. The molecule has 0 aromatic heterocycles. The Hall–Kier alpha value is -7.21. The molecule has 0 aliphatic carbocycles.